The van der Waals surface area contributed by atoms with Gasteiger partial charge in [-0.2, -0.15) is 0 Å². The molecule has 0 aromatic heterocycles. The largest absolute Gasteiger partial charge is 0.392 e. The van der Waals surface area contributed by atoms with Crippen LogP contribution >= 0.6 is 0 Å². The van der Waals surface area contributed by atoms with E-state index in [9.17, 15) is 9.59 Å². The van der Waals surface area contributed by atoms with Crippen LogP contribution in [0.1, 0.15) is 34.1 Å². The van der Waals surface area contributed by atoms with Crippen molar-refractivity contribution in [1.82, 2.24) is 0 Å². The molecule has 0 aliphatic heterocycles. The molecule has 1 N–H and O–H groups in total. The molecule has 1 rings (SSSR count). The van der Waals surface area contributed by atoms with E-state index < -0.39 is 0 Å². The molecule has 0 unspecified atom stereocenters. The highest BCUT2D eigenvalue weighted by Gasteiger charge is 2.28. The first-order valence-corrected chi connectivity index (χ1v) is 5.63. The Morgan fingerprint density at radius 3 is 2.06 bits per heavy atom. The van der Waals surface area contributed by atoms with Gasteiger partial charge in [-0.05, 0) is 34.1 Å². The maximum atomic E-state index is 12.1. The first-order valence-electron chi connectivity index (χ1n) is 5.63. The summed E-state index contributed by atoms with van der Waals surface area (Å²) >= 11 is 0. The van der Waals surface area contributed by atoms with Crippen LogP contribution < -0.4 is 0 Å². The number of carbonyl (C=O) groups excluding carboxylic acids is 2. The zero-order valence-corrected chi connectivity index (χ0v) is 10.8. The van der Waals surface area contributed by atoms with Crippen LogP contribution in [0.15, 0.2) is 33.9 Å². The summed E-state index contributed by atoms with van der Waals surface area (Å²) in [6, 6.07) is 0. The molecule has 0 spiro atoms. The Morgan fingerprint density at radius 2 is 1.59 bits per heavy atom. The standard InChI is InChI=1S/C14H18O3/c1-8(2)5-6-11-9(3)13(16)10(4)12(7-15)14(11)17/h5,15H,6-7H2,1-4H3. The summed E-state index contributed by atoms with van der Waals surface area (Å²) in [5.41, 5.74) is 2.71. The van der Waals surface area contributed by atoms with Crippen molar-refractivity contribution in [1.29, 1.82) is 0 Å². The number of Topliss-reactive ketones (excluding diaryl/α,β-unsaturated/α-hetero) is 2. The van der Waals surface area contributed by atoms with Gasteiger partial charge in [0.2, 0.25) is 0 Å². The van der Waals surface area contributed by atoms with Crippen molar-refractivity contribution >= 4 is 11.6 Å². The van der Waals surface area contributed by atoms with E-state index in [4.69, 9.17) is 5.11 Å². The fraction of sp³-hybridized carbons (Fsp3) is 0.429. The molecular formula is C14H18O3. The van der Waals surface area contributed by atoms with Crippen molar-refractivity contribution in [3.8, 4) is 0 Å². The fourth-order valence-electron chi connectivity index (χ4n) is 1.82. The molecule has 0 radical (unpaired) electrons. The molecular weight excluding hydrogens is 216 g/mol. The monoisotopic (exact) mass is 234 g/mol. The summed E-state index contributed by atoms with van der Waals surface area (Å²) in [5, 5.41) is 9.16. The topological polar surface area (TPSA) is 54.4 Å². The van der Waals surface area contributed by atoms with E-state index in [1.807, 2.05) is 19.9 Å². The Labute approximate surface area is 102 Å². The number of ketones is 2. The predicted octanol–water partition coefficient (Wildman–Crippen LogP) is 2.12. The van der Waals surface area contributed by atoms with Crippen molar-refractivity contribution in [3.63, 3.8) is 0 Å². The normalized spacial score (nSPS) is 16.8. The lowest BCUT2D eigenvalue weighted by atomic mass is 9.84. The third-order valence-corrected chi connectivity index (χ3v) is 3.01. The molecule has 0 fully saturated rings. The summed E-state index contributed by atoms with van der Waals surface area (Å²) in [4.78, 5) is 24.0. The summed E-state index contributed by atoms with van der Waals surface area (Å²) in [5.74, 6) is -0.328. The molecule has 1 aliphatic carbocycles. The summed E-state index contributed by atoms with van der Waals surface area (Å²) in [7, 11) is 0. The van der Waals surface area contributed by atoms with Crippen LogP contribution in [0.4, 0.5) is 0 Å². The summed E-state index contributed by atoms with van der Waals surface area (Å²) < 4.78 is 0. The summed E-state index contributed by atoms with van der Waals surface area (Å²) in [6.45, 7) is 6.78. The minimum atomic E-state index is -0.373. The second kappa shape index (κ2) is 5.23. The first-order chi connectivity index (χ1) is 7.90. The number of allylic oxidation sites excluding steroid dienone is 5. The smallest absolute Gasteiger partial charge is 0.188 e. The van der Waals surface area contributed by atoms with E-state index in [-0.39, 0.29) is 23.7 Å². The quantitative estimate of drug-likeness (QED) is 0.601. The molecule has 17 heavy (non-hydrogen) atoms. The highest BCUT2D eigenvalue weighted by Crippen LogP contribution is 2.26. The molecule has 1 aliphatic rings. The Morgan fingerprint density at radius 1 is 1.06 bits per heavy atom. The van der Waals surface area contributed by atoms with Gasteiger partial charge in [0.25, 0.3) is 0 Å². The van der Waals surface area contributed by atoms with Crippen molar-refractivity contribution in [3.05, 3.63) is 33.9 Å². The second-order valence-corrected chi connectivity index (χ2v) is 4.51. The number of aliphatic hydroxyl groups excluding tert-OH is 1. The van der Waals surface area contributed by atoms with Crippen LogP contribution in [0.5, 0.6) is 0 Å². The molecule has 0 saturated heterocycles. The fourth-order valence-corrected chi connectivity index (χ4v) is 1.82. The van der Waals surface area contributed by atoms with Gasteiger partial charge in [0, 0.05) is 22.3 Å². The Hall–Kier alpha value is -1.48. The lowest BCUT2D eigenvalue weighted by molar-refractivity contribution is -0.116. The van der Waals surface area contributed by atoms with Crippen LogP contribution in [0.2, 0.25) is 0 Å². The predicted molar refractivity (Wildman–Crippen MR) is 66.5 cm³/mol. The third-order valence-electron chi connectivity index (χ3n) is 3.01. The number of hydrogen-bond acceptors (Lipinski definition) is 3. The number of aliphatic hydroxyl groups is 1. The number of rotatable bonds is 3. The Balaban J connectivity index is 3.18. The zero-order chi connectivity index (χ0) is 13.2. The van der Waals surface area contributed by atoms with E-state index in [1.54, 1.807) is 13.8 Å². The Bertz CT molecular complexity index is 458. The van der Waals surface area contributed by atoms with Gasteiger partial charge in [-0.3, -0.25) is 9.59 Å². The lowest BCUT2D eigenvalue weighted by Crippen LogP contribution is -2.23. The molecule has 3 nitrogen and oxygen atoms in total. The maximum absolute atomic E-state index is 12.1. The second-order valence-electron chi connectivity index (χ2n) is 4.51. The van der Waals surface area contributed by atoms with Gasteiger partial charge in [-0.15, -0.1) is 0 Å². The highest BCUT2D eigenvalue weighted by atomic mass is 16.3. The van der Waals surface area contributed by atoms with E-state index in [2.05, 4.69) is 0 Å². The molecule has 0 aromatic rings. The van der Waals surface area contributed by atoms with Crippen LogP contribution in [0.25, 0.3) is 0 Å². The van der Waals surface area contributed by atoms with E-state index in [0.29, 0.717) is 23.1 Å². The van der Waals surface area contributed by atoms with Crippen LogP contribution in [0.3, 0.4) is 0 Å². The minimum Gasteiger partial charge on any atom is -0.392 e. The van der Waals surface area contributed by atoms with Crippen LogP contribution in [-0.4, -0.2) is 23.3 Å². The minimum absolute atomic E-state index is 0.134. The molecule has 0 aromatic carbocycles. The molecule has 0 atom stereocenters. The number of hydrogen-bond donors (Lipinski definition) is 1. The van der Waals surface area contributed by atoms with Crippen molar-refractivity contribution in [2.45, 2.75) is 34.1 Å². The molecule has 0 heterocycles. The SMILES string of the molecule is CC(C)=CCC1=C(C)C(=O)C(C)=C(CO)C1=O. The van der Waals surface area contributed by atoms with Crippen LogP contribution in [0, 0.1) is 0 Å². The summed E-state index contributed by atoms with van der Waals surface area (Å²) in [6.07, 6.45) is 2.37. The maximum Gasteiger partial charge on any atom is 0.188 e. The average molecular weight is 234 g/mol. The zero-order valence-electron chi connectivity index (χ0n) is 10.8. The van der Waals surface area contributed by atoms with Crippen molar-refractivity contribution in [2.24, 2.45) is 0 Å². The van der Waals surface area contributed by atoms with E-state index >= 15 is 0 Å². The molecule has 92 valence electrons. The molecule has 0 amide bonds. The van der Waals surface area contributed by atoms with Gasteiger partial charge < -0.3 is 5.11 Å². The van der Waals surface area contributed by atoms with Gasteiger partial charge in [0.15, 0.2) is 11.6 Å². The average Bonchev–Trinajstić information content (AvgIpc) is 2.26. The van der Waals surface area contributed by atoms with Crippen LogP contribution in [-0.2, 0) is 9.59 Å². The molecule has 3 heteroatoms. The first kappa shape index (κ1) is 13.6. The highest BCUT2D eigenvalue weighted by molar-refractivity contribution is 6.24. The Kier molecular flexibility index (Phi) is 4.18. The van der Waals surface area contributed by atoms with Crippen molar-refractivity contribution in [2.75, 3.05) is 6.61 Å². The van der Waals surface area contributed by atoms with E-state index in [1.165, 1.54) is 0 Å². The van der Waals surface area contributed by atoms with Gasteiger partial charge in [-0.1, -0.05) is 11.6 Å². The molecule has 0 bridgehead atoms. The van der Waals surface area contributed by atoms with Gasteiger partial charge >= 0.3 is 0 Å². The molecule has 0 saturated carbocycles. The van der Waals surface area contributed by atoms with E-state index in [0.717, 1.165) is 5.57 Å². The van der Waals surface area contributed by atoms with Gasteiger partial charge in [0.05, 0.1) is 6.61 Å². The number of carbonyl (C=O) groups is 2. The lowest BCUT2D eigenvalue weighted by Gasteiger charge is -2.18. The van der Waals surface area contributed by atoms with Gasteiger partial charge in [-0.25, -0.2) is 0 Å². The van der Waals surface area contributed by atoms with Gasteiger partial charge in [0.1, 0.15) is 0 Å². The van der Waals surface area contributed by atoms with Crippen molar-refractivity contribution < 1.29 is 14.7 Å². The third kappa shape index (κ3) is 2.61.